The zero-order valence-corrected chi connectivity index (χ0v) is 14.9. The Balaban J connectivity index is 2.02. The average molecular weight is 389 g/mol. The highest BCUT2D eigenvalue weighted by Gasteiger charge is 2.03. The number of amides is 2. The average Bonchev–Trinajstić information content (AvgIpc) is 2.54. The van der Waals surface area contributed by atoms with Gasteiger partial charge in [0, 0.05) is 34.4 Å². The molecule has 0 saturated heterocycles. The first-order valence-electron chi connectivity index (χ1n) is 7.18. The second kappa shape index (κ2) is 8.31. The molecule has 0 saturated carbocycles. The van der Waals surface area contributed by atoms with Crippen molar-refractivity contribution >= 4 is 45.2 Å². The summed E-state index contributed by atoms with van der Waals surface area (Å²) in [6.07, 6.45) is 3.12. The number of methoxy groups -OCH3 is 1. The van der Waals surface area contributed by atoms with Crippen molar-refractivity contribution in [2.24, 2.45) is 0 Å². The van der Waals surface area contributed by atoms with Crippen molar-refractivity contribution in [3.8, 4) is 5.75 Å². The van der Waals surface area contributed by atoms with Crippen LogP contribution in [-0.4, -0.2) is 18.9 Å². The molecule has 0 aliphatic carbocycles. The fraction of sp³-hybridized carbons (Fsp3) is 0.111. The summed E-state index contributed by atoms with van der Waals surface area (Å²) in [5.41, 5.74) is 2.11. The molecule has 0 unspecified atom stereocenters. The minimum atomic E-state index is -0.260. The van der Waals surface area contributed by atoms with Gasteiger partial charge in [-0.2, -0.15) is 0 Å². The van der Waals surface area contributed by atoms with Crippen LogP contribution in [0.3, 0.4) is 0 Å². The summed E-state index contributed by atoms with van der Waals surface area (Å²) in [7, 11) is 1.58. The Labute approximate surface area is 148 Å². The number of hydrogen-bond acceptors (Lipinski definition) is 3. The fourth-order valence-electron chi connectivity index (χ4n) is 2.03. The molecular weight excluding hydrogens is 372 g/mol. The first-order chi connectivity index (χ1) is 11.5. The van der Waals surface area contributed by atoms with Crippen molar-refractivity contribution < 1.29 is 14.3 Å². The predicted octanol–water partition coefficient (Wildman–Crippen LogP) is 4.07. The molecule has 2 amide bonds. The molecule has 2 N–H and O–H groups in total. The van der Waals surface area contributed by atoms with Crippen molar-refractivity contribution in [2.75, 3.05) is 17.7 Å². The second-order valence-corrected chi connectivity index (χ2v) is 5.88. The minimum absolute atomic E-state index is 0.141. The maximum atomic E-state index is 12.0. The Morgan fingerprint density at radius 1 is 1.04 bits per heavy atom. The summed E-state index contributed by atoms with van der Waals surface area (Å²) in [5, 5.41) is 5.42. The van der Waals surface area contributed by atoms with Gasteiger partial charge in [-0.05, 0) is 48.5 Å². The standard InChI is InChI=1S/C18H17BrN2O3/c1-12(22)20-15-5-7-16(8-6-15)21-18(23)10-3-13-11-14(19)4-9-17(13)24-2/h3-11H,1-2H3,(H,20,22)(H,21,23)/b10-3+. The van der Waals surface area contributed by atoms with E-state index in [1.54, 1.807) is 37.5 Å². The van der Waals surface area contributed by atoms with Crippen molar-refractivity contribution in [2.45, 2.75) is 6.92 Å². The van der Waals surface area contributed by atoms with Gasteiger partial charge in [-0.3, -0.25) is 9.59 Å². The van der Waals surface area contributed by atoms with E-state index < -0.39 is 0 Å². The molecule has 2 aromatic rings. The Bertz CT molecular complexity index is 770. The van der Waals surface area contributed by atoms with Crippen LogP contribution in [0.2, 0.25) is 0 Å². The van der Waals surface area contributed by atoms with Gasteiger partial charge in [0.2, 0.25) is 11.8 Å². The van der Waals surface area contributed by atoms with Crippen molar-refractivity contribution in [3.63, 3.8) is 0 Å². The number of carbonyl (C=O) groups is 2. The maximum Gasteiger partial charge on any atom is 0.248 e. The molecule has 0 aliphatic heterocycles. The van der Waals surface area contributed by atoms with Gasteiger partial charge in [0.25, 0.3) is 0 Å². The van der Waals surface area contributed by atoms with Gasteiger partial charge in [-0.25, -0.2) is 0 Å². The summed E-state index contributed by atoms with van der Waals surface area (Å²) in [5.74, 6) is 0.281. The largest absolute Gasteiger partial charge is 0.496 e. The molecule has 0 radical (unpaired) electrons. The lowest BCUT2D eigenvalue weighted by molar-refractivity contribution is -0.114. The zero-order valence-electron chi connectivity index (χ0n) is 13.3. The molecule has 5 nitrogen and oxygen atoms in total. The van der Waals surface area contributed by atoms with Crippen molar-refractivity contribution in [3.05, 3.63) is 58.6 Å². The fourth-order valence-corrected chi connectivity index (χ4v) is 2.40. The van der Waals surface area contributed by atoms with E-state index in [-0.39, 0.29) is 11.8 Å². The highest BCUT2D eigenvalue weighted by molar-refractivity contribution is 9.10. The molecule has 0 heterocycles. The second-order valence-electron chi connectivity index (χ2n) is 4.97. The number of anilines is 2. The van der Waals surface area contributed by atoms with E-state index >= 15 is 0 Å². The molecule has 0 fully saturated rings. The SMILES string of the molecule is COc1ccc(Br)cc1/C=C/C(=O)Nc1ccc(NC(C)=O)cc1. The van der Waals surface area contributed by atoms with Crippen LogP contribution in [0.4, 0.5) is 11.4 Å². The third-order valence-electron chi connectivity index (χ3n) is 3.08. The van der Waals surface area contributed by atoms with E-state index in [0.29, 0.717) is 17.1 Å². The lowest BCUT2D eigenvalue weighted by atomic mass is 10.2. The highest BCUT2D eigenvalue weighted by Crippen LogP contribution is 2.24. The van der Waals surface area contributed by atoms with E-state index in [1.165, 1.54) is 13.0 Å². The van der Waals surface area contributed by atoms with E-state index in [0.717, 1.165) is 10.0 Å². The molecule has 0 spiro atoms. The molecule has 124 valence electrons. The Hall–Kier alpha value is -2.60. The van der Waals surface area contributed by atoms with E-state index in [4.69, 9.17) is 4.74 Å². The van der Waals surface area contributed by atoms with E-state index in [2.05, 4.69) is 26.6 Å². The monoisotopic (exact) mass is 388 g/mol. The summed E-state index contributed by atoms with van der Waals surface area (Å²) < 4.78 is 6.16. The summed E-state index contributed by atoms with van der Waals surface area (Å²) in [4.78, 5) is 23.0. The van der Waals surface area contributed by atoms with Crippen molar-refractivity contribution in [1.82, 2.24) is 0 Å². The molecule has 0 aliphatic rings. The molecule has 0 aromatic heterocycles. The van der Waals surface area contributed by atoms with Gasteiger partial charge in [-0.15, -0.1) is 0 Å². The molecule has 0 bridgehead atoms. The molecule has 24 heavy (non-hydrogen) atoms. The van der Waals surface area contributed by atoms with Gasteiger partial charge < -0.3 is 15.4 Å². The topological polar surface area (TPSA) is 67.4 Å². The predicted molar refractivity (Wildman–Crippen MR) is 99.1 cm³/mol. The van der Waals surface area contributed by atoms with Gasteiger partial charge in [0.1, 0.15) is 5.75 Å². The zero-order chi connectivity index (χ0) is 17.5. The van der Waals surface area contributed by atoms with E-state index in [1.807, 2.05) is 18.2 Å². The molecule has 6 heteroatoms. The first kappa shape index (κ1) is 17.7. The Morgan fingerprint density at radius 2 is 1.67 bits per heavy atom. The maximum absolute atomic E-state index is 12.0. The van der Waals surface area contributed by atoms with Gasteiger partial charge in [0.15, 0.2) is 0 Å². The highest BCUT2D eigenvalue weighted by atomic mass is 79.9. The van der Waals surface area contributed by atoms with Gasteiger partial charge >= 0.3 is 0 Å². The van der Waals surface area contributed by atoms with E-state index in [9.17, 15) is 9.59 Å². The Kier molecular flexibility index (Phi) is 6.14. The van der Waals surface area contributed by atoms with Gasteiger partial charge in [-0.1, -0.05) is 15.9 Å². The molecule has 2 aromatic carbocycles. The lowest BCUT2D eigenvalue weighted by Gasteiger charge is -2.06. The third-order valence-corrected chi connectivity index (χ3v) is 3.57. The number of rotatable bonds is 5. The number of hydrogen-bond donors (Lipinski definition) is 2. The van der Waals surface area contributed by atoms with Crippen molar-refractivity contribution in [1.29, 1.82) is 0 Å². The first-order valence-corrected chi connectivity index (χ1v) is 7.97. The van der Waals surface area contributed by atoms with Gasteiger partial charge in [0.05, 0.1) is 7.11 Å². The molecule has 0 atom stereocenters. The van der Waals surface area contributed by atoms with Crippen LogP contribution in [0, 0.1) is 0 Å². The number of ether oxygens (including phenoxy) is 1. The van der Waals surface area contributed by atoms with Crippen LogP contribution in [0.25, 0.3) is 6.08 Å². The lowest BCUT2D eigenvalue weighted by Crippen LogP contribution is -2.08. The summed E-state index contributed by atoms with van der Waals surface area (Å²) in [6.45, 7) is 1.44. The number of nitrogens with one attached hydrogen (secondary N) is 2. The van der Waals surface area contributed by atoms with Crippen LogP contribution in [-0.2, 0) is 9.59 Å². The van der Waals surface area contributed by atoms with Crippen LogP contribution in [0.1, 0.15) is 12.5 Å². The van der Waals surface area contributed by atoms with Crippen LogP contribution >= 0.6 is 15.9 Å². The smallest absolute Gasteiger partial charge is 0.248 e. The van der Waals surface area contributed by atoms with Crippen LogP contribution < -0.4 is 15.4 Å². The van der Waals surface area contributed by atoms with Crippen LogP contribution in [0.5, 0.6) is 5.75 Å². The molecule has 2 rings (SSSR count). The van der Waals surface area contributed by atoms with Crippen LogP contribution in [0.15, 0.2) is 53.0 Å². The normalized spacial score (nSPS) is 10.5. The number of halogens is 1. The Morgan fingerprint density at radius 3 is 2.25 bits per heavy atom. The summed E-state index contributed by atoms with van der Waals surface area (Å²) in [6, 6.07) is 12.4. The third kappa shape index (κ3) is 5.24. The number of benzene rings is 2. The minimum Gasteiger partial charge on any atom is -0.496 e. The number of carbonyl (C=O) groups excluding carboxylic acids is 2. The quantitative estimate of drug-likeness (QED) is 0.758. The molecular formula is C18H17BrN2O3. The summed E-state index contributed by atoms with van der Waals surface area (Å²) >= 11 is 3.39.